The summed E-state index contributed by atoms with van der Waals surface area (Å²) in [6.45, 7) is 8.96. The van der Waals surface area contributed by atoms with Gasteiger partial charge in [-0.05, 0) is 75.7 Å². The Kier molecular flexibility index (Phi) is 7.37. The van der Waals surface area contributed by atoms with E-state index in [4.69, 9.17) is 9.47 Å². The number of hydrogen-bond donors (Lipinski definition) is 2. The number of H-pyrrole nitrogens is 1. The minimum Gasteiger partial charge on any atom is -0.710 e. The number of pyridine rings is 1. The normalized spacial score (nSPS) is 11.9. The molecule has 0 aliphatic heterocycles. The number of nitrogens with zero attached hydrogens (tertiary/aromatic N) is 1. The first-order valence-electron chi connectivity index (χ1n) is 12.2. The predicted octanol–water partition coefficient (Wildman–Crippen LogP) is 5.39. The highest BCUT2D eigenvalue weighted by Crippen LogP contribution is 2.38. The number of nitrogens with one attached hydrogen (secondary N) is 2. The molecular weight excluding hydrogens is 506 g/mol. The van der Waals surface area contributed by atoms with Crippen LogP contribution in [0.15, 0.2) is 65.7 Å². The fraction of sp³-hybridized carbons (Fsp3) is 0.286. The molecule has 0 fully saturated rings. The largest absolute Gasteiger partial charge is 0.710 e. The van der Waals surface area contributed by atoms with E-state index < -0.39 is 21.5 Å². The third kappa shape index (κ3) is 5.91. The summed E-state index contributed by atoms with van der Waals surface area (Å²) in [5.74, 6) is 0.916. The molecule has 0 atom stereocenters. The molecule has 0 saturated carbocycles. The van der Waals surface area contributed by atoms with Crippen LogP contribution in [0.4, 0.5) is 4.79 Å². The van der Waals surface area contributed by atoms with Gasteiger partial charge in [0.1, 0.15) is 22.8 Å². The second-order valence-electron chi connectivity index (χ2n) is 9.90. The Morgan fingerprint density at radius 3 is 2.42 bits per heavy atom. The fourth-order valence-electron chi connectivity index (χ4n) is 3.95. The van der Waals surface area contributed by atoms with E-state index in [2.05, 4.69) is 10.3 Å². The maximum Gasteiger partial charge on any atom is 0.407 e. The maximum absolute atomic E-state index is 12.7. The van der Waals surface area contributed by atoms with Gasteiger partial charge in [0.05, 0.1) is 22.2 Å². The number of aryl methyl sites for hydroxylation is 1. The van der Waals surface area contributed by atoms with Gasteiger partial charge in [-0.15, -0.1) is 0 Å². The topological polar surface area (TPSA) is 124 Å². The van der Waals surface area contributed by atoms with Crippen LogP contribution < -0.4 is 14.8 Å². The molecule has 0 spiro atoms. The maximum atomic E-state index is 12.7. The van der Waals surface area contributed by atoms with Crippen LogP contribution in [0, 0.1) is 12.1 Å². The van der Waals surface area contributed by atoms with Gasteiger partial charge >= 0.3 is 6.09 Å². The van der Waals surface area contributed by atoms with Crippen molar-refractivity contribution in [2.24, 2.45) is 0 Å². The first-order valence-corrected chi connectivity index (χ1v) is 13.8. The highest BCUT2D eigenvalue weighted by molar-refractivity contribution is 7.91. The van der Waals surface area contributed by atoms with Gasteiger partial charge in [-0.3, -0.25) is 0 Å². The molecule has 200 valence electrons. The molecular formula is C28H31N3O6S. The average Bonchev–Trinajstić information content (AvgIpc) is 3.35. The lowest BCUT2D eigenvalue weighted by Gasteiger charge is -2.19. The average molecular weight is 538 g/mol. The van der Waals surface area contributed by atoms with Crippen LogP contribution in [0.2, 0.25) is 0 Å². The number of sulfone groups is 1. The predicted molar refractivity (Wildman–Crippen MR) is 145 cm³/mol. The summed E-state index contributed by atoms with van der Waals surface area (Å²) in [5.41, 5.74) is 2.31. The Bertz CT molecular complexity index is 1590. The Morgan fingerprint density at radius 2 is 1.76 bits per heavy atom. The number of aromatic amines is 1. The number of aromatic nitrogens is 2. The van der Waals surface area contributed by atoms with Crippen molar-refractivity contribution in [3.8, 4) is 22.6 Å². The smallest absolute Gasteiger partial charge is 0.407 e. The summed E-state index contributed by atoms with van der Waals surface area (Å²) in [5, 5.41) is 15.9. The summed E-state index contributed by atoms with van der Waals surface area (Å²) >= 11 is 0. The van der Waals surface area contributed by atoms with Crippen molar-refractivity contribution >= 4 is 27.0 Å². The molecule has 2 heterocycles. The van der Waals surface area contributed by atoms with Gasteiger partial charge in [-0.2, -0.15) is 0 Å². The van der Waals surface area contributed by atoms with Crippen LogP contribution in [0.3, 0.4) is 0 Å². The summed E-state index contributed by atoms with van der Waals surface area (Å²) in [4.78, 5) is 15.1. The SMILES string of the molecule is CCS(=O)(=O)c1ccc(Oc2ccc(CNC(=O)OC(C)(C)C)cc2)c(-c2cc(C)[n+]([O-])c3[nH]ccc23)c1. The van der Waals surface area contributed by atoms with Crippen LogP contribution in [0.25, 0.3) is 22.2 Å². The van der Waals surface area contributed by atoms with Crippen LogP contribution in [-0.2, 0) is 21.1 Å². The lowest BCUT2D eigenvalue weighted by atomic mass is 10.0. The number of carbonyl (C=O) groups excluding carboxylic acids is 1. The second-order valence-corrected chi connectivity index (χ2v) is 12.2. The van der Waals surface area contributed by atoms with Gasteiger partial charge in [0.15, 0.2) is 9.84 Å². The van der Waals surface area contributed by atoms with E-state index in [0.717, 1.165) is 10.3 Å². The van der Waals surface area contributed by atoms with Gasteiger partial charge in [-0.25, -0.2) is 22.9 Å². The standard InChI is InChI=1S/C28H31N3O6S/c1-6-38(34,35)21-11-12-25(24(16-21)23-15-18(2)31(33)26-22(23)13-14-29-26)36-20-9-7-19(8-10-20)17-30-27(32)37-28(3,4)5/h7-16,29H,6,17H2,1-5H3,(H,30,32). The Hall–Kier alpha value is -4.05. The third-order valence-electron chi connectivity index (χ3n) is 5.86. The van der Waals surface area contributed by atoms with E-state index in [1.54, 1.807) is 77.2 Å². The molecule has 1 amide bonds. The monoisotopic (exact) mass is 537 g/mol. The van der Waals surface area contributed by atoms with Crippen molar-refractivity contribution < 1.29 is 27.4 Å². The number of hydrogen-bond acceptors (Lipinski definition) is 6. The van der Waals surface area contributed by atoms with Gasteiger partial charge in [-0.1, -0.05) is 19.1 Å². The quantitative estimate of drug-likeness (QED) is 0.241. The molecule has 0 aliphatic rings. The van der Waals surface area contributed by atoms with Crippen LogP contribution in [0.1, 0.15) is 39.0 Å². The van der Waals surface area contributed by atoms with Crippen LogP contribution in [0.5, 0.6) is 11.5 Å². The van der Waals surface area contributed by atoms with Gasteiger partial charge in [0.2, 0.25) is 0 Å². The molecule has 2 aromatic carbocycles. The minimum atomic E-state index is -3.48. The molecule has 0 saturated heterocycles. The van der Waals surface area contributed by atoms with Crippen LogP contribution in [-0.4, -0.2) is 30.8 Å². The molecule has 0 unspecified atom stereocenters. The number of benzene rings is 2. The van der Waals surface area contributed by atoms with Gasteiger partial charge < -0.3 is 20.0 Å². The molecule has 0 aliphatic carbocycles. The number of amides is 1. The van der Waals surface area contributed by atoms with Crippen molar-refractivity contribution in [2.45, 2.75) is 51.7 Å². The van der Waals surface area contributed by atoms with Gasteiger partial charge in [0, 0.05) is 17.7 Å². The molecule has 2 aromatic heterocycles. The molecule has 0 radical (unpaired) electrons. The van der Waals surface area contributed by atoms with Crippen molar-refractivity contribution in [2.75, 3.05) is 5.75 Å². The van der Waals surface area contributed by atoms with Crippen molar-refractivity contribution in [3.05, 3.63) is 77.3 Å². The molecule has 4 aromatic rings. The molecule has 0 bridgehead atoms. The molecule has 9 nitrogen and oxygen atoms in total. The van der Waals surface area contributed by atoms with Gasteiger partial charge in [0.25, 0.3) is 5.65 Å². The number of alkyl carbamates (subject to hydrolysis) is 1. The molecule has 2 N–H and O–H groups in total. The zero-order valence-corrected chi connectivity index (χ0v) is 22.8. The lowest BCUT2D eigenvalue weighted by molar-refractivity contribution is -0.586. The van der Waals surface area contributed by atoms with Crippen molar-refractivity contribution in [1.82, 2.24) is 10.3 Å². The fourth-order valence-corrected chi connectivity index (χ4v) is 4.86. The summed E-state index contributed by atoms with van der Waals surface area (Å²) in [6.07, 6.45) is 1.16. The van der Waals surface area contributed by atoms with Crippen LogP contribution >= 0.6 is 0 Å². The third-order valence-corrected chi connectivity index (χ3v) is 7.59. The molecule has 38 heavy (non-hydrogen) atoms. The van der Waals surface area contributed by atoms with Crippen molar-refractivity contribution in [1.29, 1.82) is 0 Å². The zero-order valence-electron chi connectivity index (χ0n) is 22.0. The van der Waals surface area contributed by atoms with E-state index in [9.17, 15) is 18.4 Å². The molecule has 4 rings (SSSR count). The zero-order chi connectivity index (χ0) is 27.7. The van der Waals surface area contributed by atoms with Crippen molar-refractivity contribution in [3.63, 3.8) is 0 Å². The molecule has 10 heteroatoms. The number of carbonyl (C=O) groups is 1. The lowest BCUT2D eigenvalue weighted by Crippen LogP contribution is -2.32. The first kappa shape index (κ1) is 27.0. The Morgan fingerprint density at radius 1 is 1.05 bits per heavy atom. The summed E-state index contributed by atoms with van der Waals surface area (Å²) in [6, 6.07) is 15.4. The Labute approximate surface area is 221 Å². The minimum absolute atomic E-state index is 0.0423. The number of rotatable bonds is 7. The van der Waals surface area contributed by atoms with E-state index in [1.807, 2.05) is 12.1 Å². The van der Waals surface area contributed by atoms with E-state index in [1.165, 1.54) is 6.07 Å². The highest BCUT2D eigenvalue weighted by atomic mass is 32.2. The first-order chi connectivity index (χ1) is 17.9. The van der Waals surface area contributed by atoms with E-state index >= 15 is 0 Å². The highest BCUT2D eigenvalue weighted by Gasteiger charge is 2.21. The number of fused-ring (bicyclic) bond motifs is 1. The Balaban J connectivity index is 1.67. The van der Waals surface area contributed by atoms with E-state index in [-0.39, 0.29) is 17.2 Å². The second kappa shape index (κ2) is 10.4. The van der Waals surface area contributed by atoms with E-state index in [0.29, 0.717) is 39.4 Å². The summed E-state index contributed by atoms with van der Waals surface area (Å²) < 4.78 is 37.6. The summed E-state index contributed by atoms with van der Waals surface area (Å²) in [7, 11) is -3.48. The number of ether oxygens (including phenoxy) is 2.